The van der Waals surface area contributed by atoms with Crippen LogP contribution in [0.15, 0.2) is 42.5 Å². The molecule has 1 unspecified atom stereocenters. The van der Waals surface area contributed by atoms with Crippen LogP contribution in [0.4, 0.5) is 4.79 Å². The van der Waals surface area contributed by atoms with E-state index in [-0.39, 0.29) is 12.1 Å². The first kappa shape index (κ1) is 17.1. The summed E-state index contributed by atoms with van der Waals surface area (Å²) in [5.41, 5.74) is 0. The van der Waals surface area contributed by atoms with Gasteiger partial charge in [0.2, 0.25) is 0 Å². The highest BCUT2D eigenvalue weighted by Gasteiger charge is 2.04. The molecule has 0 spiro atoms. The van der Waals surface area contributed by atoms with E-state index in [1.165, 1.54) is 0 Å². The molecule has 0 bridgehead atoms. The highest BCUT2D eigenvalue weighted by atomic mass is 16.5. The van der Waals surface area contributed by atoms with Gasteiger partial charge in [0.15, 0.2) is 0 Å². The fourth-order valence-electron chi connectivity index (χ4n) is 2.27. The Balaban J connectivity index is 1.70. The van der Waals surface area contributed by atoms with E-state index in [1.807, 2.05) is 49.4 Å². The summed E-state index contributed by atoms with van der Waals surface area (Å²) < 4.78 is 5.75. The summed E-state index contributed by atoms with van der Waals surface area (Å²) >= 11 is 0. The fraction of sp³-hybridized carbons (Fsp3) is 0.389. The maximum absolute atomic E-state index is 11.6. The number of benzene rings is 2. The molecule has 124 valence electrons. The zero-order chi connectivity index (χ0) is 16.5. The minimum absolute atomic E-state index is 0.241. The SMILES string of the molecule is CCC(O)CCNC(=O)NCCOc1cccc2ccccc12. The third kappa shape index (κ3) is 5.45. The van der Waals surface area contributed by atoms with E-state index >= 15 is 0 Å². The first-order valence-corrected chi connectivity index (χ1v) is 8.01. The molecule has 0 saturated heterocycles. The normalized spacial score (nSPS) is 11.9. The molecule has 3 N–H and O–H groups in total. The van der Waals surface area contributed by atoms with Crippen molar-refractivity contribution in [2.75, 3.05) is 19.7 Å². The Labute approximate surface area is 136 Å². The second kappa shape index (κ2) is 9.00. The van der Waals surface area contributed by atoms with Gasteiger partial charge in [-0.25, -0.2) is 4.79 Å². The monoisotopic (exact) mass is 316 g/mol. The van der Waals surface area contributed by atoms with Gasteiger partial charge in [0.1, 0.15) is 12.4 Å². The van der Waals surface area contributed by atoms with E-state index in [2.05, 4.69) is 10.6 Å². The van der Waals surface area contributed by atoms with Crippen molar-refractivity contribution < 1.29 is 14.6 Å². The first-order chi connectivity index (χ1) is 11.2. The molecular weight excluding hydrogens is 292 g/mol. The van der Waals surface area contributed by atoms with Crippen molar-refractivity contribution in [3.8, 4) is 5.75 Å². The molecule has 5 nitrogen and oxygen atoms in total. The first-order valence-electron chi connectivity index (χ1n) is 8.01. The van der Waals surface area contributed by atoms with Gasteiger partial charge in [-0.3, -0.25) is 0 Å². The van der Waals surface area contributed by atoms with Crippen LogP contribution in [0, 0.1) is 0 Å². The van der Waals surface area contributed by atoms with E-state index in [0.29, 0.717) is 32.5 Å². The van der Waals surface area contributed by atoms with Gasteiger partial charge in [0.25, 0.3) is 0 Å². The van der Waals surface area contributed by atoms with Gasteiger partial charge in [0, 0.05) is 11.9 Å². The van der Waals surface area contributed by atoms with Crippen LogP contribution in [0.3, 0.4) is 0 Å². The van der Waals surface area contributed by atoms with Crippen molar-refractivity contribution >= 4 is 16.8 Å². The molecular formula is C18H24N2O3. The zero-order valence-corrected chi connectivity index (χ0v) is 13.4. The number of hydrogen-bond donors (Lipinski definition) is 3. The summed E-state index contributed by atoms with van der Waals surface area (Å²) in [6.45, 7) is 3.20. The molecule has 0 radical (unpaired) electrons. The summed E-state index contributed by atoms with van der Waals surface area (Å²) in [4.78, 5) is 11.6. The van der Waals surface area contributed by atoms with Crippen molar-refractivity contribution in [2.45, 2.75) is 25.9 Å². The molecule has 0 fully saturated rings. The Hall–Kier alpha value is -2.27. The molecule has 1 atom stereocenters. The lowest BCUT2D eigenvalue weighted by atomic mass is 10.1. The second-order valence-electron chi connectivity index (χ2n) is 5.36. The maximum atomic E-state index is 11.6. The number of urea groups is 1. The van der Waals surface area contributed by atoms with E-state index in [0.717, 1.165) is 16.5 Å². The number of amides is 2. The molecule has 2 rings (SSSR count). The van der Waals surface area contributed by atoms with Crippen LogP contribution in [0.1, 0.15) is 19.8 Å². The van der Waals surface area contributed by atoms with Crippen molar-refractivity contribution in [3.05, 3.63) is 42.5 Å². The number of nitrogens with one attached hydrogen (secondary N) is 2. The largest absolute Gasteiger partial charge is 0.491 e. The van der Waals surface area contributed by atoms with Gasteiger partial charge in [-0.05, 0) is 24.3 Å². The van der Waals surface area contributed by atoms with Crippen LogP contribution in [0.25, 0.3) is 10.8 Å². The van der Waals surface area contributed by atoms with E-state index in [1.54, 1.807) is 0 Å². The molecule has 2 aromatic rings. The Morgan fingerprint density at radius 2 is 1.87 bits per heavy atom. The lowest BCUT2D eigenvalue weighted by Crippen LogP contribution is -2.38. The molecule has 0 aromatic heterocycles. The predicted octanol–water partition coefficient (Wildman–Crippen LogP) is 2.68. The molecule has 0 saturated carbocycles. The Morgan fingerprint density at radius 3 is 2.70 bits per heavy atom. The number of aliphatic hydroxyl groups is 1. The molecule has 0 aliphatic carbocycles. The number of carbonyl (C=O) groups excluding carboxylic acids is 1. The summed E-state index contributed by atoms with van der Waals surface area (Å²) in [6, 6.07) is 13.7. The third-order valence-electron chi connectivity index (χ3n) is 3.63. The predicted molar refractivity (Wildman–Crippen MR) is 91.8 cm³/mol. The standard InChI is InChI=1S/C18H24N2O3/c1-2-15(21)10-11-19-18(22)20-12-13-23-17-9-5-7-14-6-3-4-8-16(14)17/h3-9,15,21H,2,10-13H2,1H3,(H2,19,20,22). The minimum Gasteiger partial charge on any atom is -0.491 e. The van der Waals surface area contributed by atoms with Gasteiger partial charge in [-0.2, -0.15) is 0 Å². The van der Waals surface area contributed by atoms with Crippen LogP contribution in [0.5, 0.6) is 5.75 Å². The number of aliphatic hydroxyl groups excluding tert-OH is 1. The number of hydrogen-bond acceptors (Lipinski definition) is 3. The molecule has 23 heavy (non-hydrogen) atoms. The molecule has 0 heterocycles. The average molecular weight is 316 g/mol. The van der Waals surface area contributed by atoms with Gasteiger partial charge >= 0.3 is 6.03 Å². The van der Waals surface area contributed by atoms with Gasteiger partial charge in [-0.1, -0.05) is 43.3 Å². The fourth-order valence-corrected chi connectivity index (χ4v) is 2.27. The smallest absolute Gasteiger partial charge is 0.314 e. The highest BCUT2D eigenvalue weighted by Crippen LogP contribution is 2.24. The lowest BCUT2D eigenvalue weighted by molar-refractivity contribution is 0.160. The highest BCUT2D eigenvalue weighted by molar-refractivity contribution is 5.88. The van der Waals surface area contributed by atoms with Crippen molar-refractivity contribution in [1.29, 1.82) is 0 Å². The molecule has 2 aromatic carbocycles. The summed E-state index contributed by atoms with van der Waals surface area (Å²) in [5.74, 6) is 0.816. The topological polar surface area (TPSA) is 70.6 Å². The second-order valence-corrected chi connectivity index (χ2v) is 5.36. The average Bonchev–Trinajstić information content (AvgIpc) is 2.58. The Morgan fingerprint density at radius 1 is 1.13 bits per heavy atom. The van der Waals surface area contributed by atoms with Crippen LogP contribution in [-0.4, -0.2) is 36.9 Å². The minimum atomic E-state index is -0.356. The van der Waals surface area contributed by atoms with Gasteiger partial charge < -0.3 is 20.5 Å². The van der Waals surface area contributed by atoms with Crippen molar-refractivity contribution in [2.24, 2.45) is 0 Å². The van der Waals surface area contributed by atoms with Crippen LogP contribution >= 0.6 is 0 Å². The maximum Gasteiger partial charge on any atom is 0.314 e. The number of rotatable bonds is 8. The quantitative estimate of drug-likeness (QED) is 0.656. The Kier molecular flexibility index (Phi) is 6.69. The third-order valence-corrected chi connectivity index (χ3v) is 3.63. The van der Waals surface area contributed by atoms with E-state index in [4.69, 9.17) is 4.74 Å². The lowest BCUT2D eigenvalue weighted by Gasteiger charge is -2.11. The molecule has 5 heteroatoms. The summed E-state index contributed by atoms with van der Waals surface area (Å²) in [6.07, 6.45) is 0.906. The van der Waals surface area contributed by atoms with Crippen LogP contribution in [0.2, 0.25) is 0 Å². The molecule has 2 amide bonds. The van der Waals surface area contributed by atoms with Crippen LogP contribution < -0.4 is 15.4 Å². The number of fused-ring (bicyclic) bond motifs is 1. The summed E-state index contributed by atoms with van der Waals surface area (Å²) in [5, 5.41) is 17.0. The van der Waals surface area contributed by atoms with Crippen LogP contribution in [-0.2, 0) is 0 Å². The molecule has 0 aliphatic heterocycles. The van der Waals surface area contributed by atoms with E-state index in [9.17, 15) is 9.90 Å². The summed E-state index contributed by atoms with van der Waals surface area (Å²) in [7, 11) is 0. The van der Waals surface area contributed by atoms with Crippen molar-refractivity contribution in [3.63, 3.8) is 0 Å². The molecule has 0 aliphatic rings. The van der Waals surface area contributed by atoms with E-state index < -0.39 is 0 Å². The zero-order valence-electron chi connectivity index (χ0n) is 13.4. The van der Waals surface area contributed by atoms with Gasteiger partial charge in [-0.15, -0.1) is 0 Å². The van der Waals surface area contributed by atoms with Gasteiger partial charge in [0.05, 0.1) is 12.6 Å². The number of carbonyl (C=O) groups is 1. The number of ether oxygens (including phenoxy) is 1. The van der Waals surface area contributed by atoms with Crippen molar-refractivity contribution in [1.82, 2.24) is 10.6 Å². The Bertz CT molecular complexity index is 625.